The molecule has 0 fully saturated rings. The Kier molecular flexibility index (Phi) is 5.44. The van der Waals surface area contributed by atoms with Gasteiger partial charge >= 0.3 is 5.97 Å². The van der Waals surface area contributed by atoms with Crippen LogP contribution in [0.15, 0.2) is 18.2 Å². The van der Waals surface area contributed by atoms with E-state index < -0.39 is 5.97 Å². The smallest absolute Gasteiger partial charge is 0.337 e. The highest BCUT2D eigenvalue weighted by Crippen LogP contribution is 2.25. The summed E-state index contributed by atoms with van der Waals surface area (Å²) in [5.74, 6) is -1.01. The zero-order chi connectivity index (χ0) is 13.7. The summed E-state index contributed by atoms with van der Waals surface area (Å²) in [6.07, 6.45) is 0. The second kappa shape index (κ2) is 6.61. The van der Waals surface area contributed by atoms with E-state index in [1.807, 2.05) is 0 Å². The number of aromatic carboxylic acids is 1. The van der Waals surface area contributed by atoms with E-state index in [4.69, 9.17) is 21.4 Å². The molecule has 0 heterocycles. The minimum absolute atomic E-state index is 0.121. The maximum Gasteiger partial charge on any atom is 0.337 e. The van der Waals surface area contributed by atoms with Crippen LogP contribution in [0, 0.1) is 0 Å². The number of methoxy groups -OCH3 is 1. The topological polar surface area (TPSA) is 49.8 Å². The molecule has 0 amide bonds. The first-order valence-corrected chi connectivity index (χ1v) is 6.13. The third-order valence-corrected chi connectivity index (χ3v) is 2.99. The number of carbonyl (C=O) groups is 1. The van der Waals surface area contributed by atoms with Crippen molar-refractivity contribution in [3.8, 4) is 0 Å². The predicted molar refractivity (Wildman–Crippen MR) is 72.8 cm³/mol. The van der Waals surface area contributed by atoms with Gasteiger partial charge < -0.3 is 14.7 Å². The van der Waals surface area contributed by atoms with Crippen LogP contribution in [0.5, 0.6) is 0 Å². The molecule has 0 radical (unpaired) electrons. The van der Waals surface area contributed by atoms with Crippen LogP contribution in [0.4, 0.5) is 5.69 Å². The summed E-state index contributed by atoms with van der Waals surface area (Å²) in [6.45, 7) is 5.47. The summed E-state index contributed by atoms with van der Waals surface area (Å²) in [5.41, 5.74) is 1.02. The van der Waals surface area contributed by atoms with E-state index in [9.17, 15) is 4.79 Å². The zero-order valence-electron chi connectivity index (χ0n) is 10.8. The molecule has 0 aliphatic carbocycles. The molecule has 1 rings (SSSR count). The van der Waals surface area contributed by atoms with Crippen molar-refractivity contribution in [2.75, 3.05) is 25.2 Å². The number of rotatable bonds is 6. The molecule has 0 bridgehead atoms. The number of hydrogen-bond acceptors (Lipinski definition) is 3. The molecule has 1 N–H and O–H groups in total. The van der Waals surface area contributed by atoms with Gasteiger partial charge in [-0.05, 0) is 32.0 Å². The lowest BCUT2D eigenvalue weighted by atomic mass is 10.1. The van der Waals surface area contributed by atoms with E-state index in [2.05, 4.69) is 18.7 Å². The number of carboxylic acid groups (broad SMARTS) is 1. The summed E-state index contributed by atoms with van der Waals surface area (Å²) < 4.78 is 5.07. The highest BCUT2D eigenvalue weighted by molar-refractivity contribution is 6.33. The standard InChI is InChI=1S/C13H18ClNO3/c1-9(2)15(6-7-18-3)10-4-5-11(13(16)17)12(14)8-10/h4-5,8-9H,6-7H2,1-3H3,(H,16,17). The van der Waals surface area contributed by atoms with Crippen molar-refractivity contribution in [1.29, 1.82) is 0 Å². The van der Waals surface area contributed by atoms with Gasteiger partial charge in [-0.3, -0.25) is 0 Å². The molecule has 100 valence electrons. The lowest BCUT2D eigenvalue weighted by Gasteiger charge is -2.29. The number of anilines is 1. The molecule has 18 heavy (non-hydrogen) atoms. The Balaban J connectivity index is 2.99. The van der Waals surface area contributed by atoms with Gasteiger partial charge in [-0.15, -0.1) is 0 Å². The molecular weight excluding hydrogens is 254 g/mol. The molecule has 1 aromatic carbocycles. The first-order chi connectivity index (χ1) is 8.47. The van der Waals surface area contributed by atoms with Crippen LogP contribution in [0.25, 0.3) is 0 Å². The van der Waals surface area contributed by atoms with Gasteiger partial charge in [-0.2, -0.15) is 0 Å². The summed E-state index contributed by atoms with van der Waals surface area (Å²) in [6, 6.07) is 5.26. The fraction of sp³-hybridized carbons (Fsp3) is 0.462. The van der Waals surface area contributed by atoms with Crippen LogP contribution in [0.2, 0.25) is 5.02 Å². The average Bonchev–Trinajstić information content (AvgIpc) is 2.28. The number of hydrogen-bond donors (Lipinski definition) is 1. The van der Waals surface area contributed by atoms with Gasteiger partial charge in [-0.25, -0.2) is 4.79 Å². The molecule has 0 aromatic heterocycles. The molecule has 0 aliphatic heterocycles. The monoisotopic (exact) mass is 271 g/mol. The highest BCUT2D eigenvalue weighted by Gasteiger charge is 2.14. The molecule has 5 heteroatoms. The van der Waals surface area contributed by atoms with Gasteiger partial charge in [0.25, 0.3) is 0 Å². The summed E-state index contributed by atoms with van der Waals surface area (Å²) in [7, 11) is 1.65. The van der Waals surface area contributed by atoms with Crippen LogP contribution in [0.3, 0.4) is 0 Å². The second-order valence-corrected chi connectivity index (χ2v) is 4.66. The van der Waals surface area contributed by atoms with Crippen molar-refractivity contribution in [3.05, 3.63) is 28.8 Å². The number of carboxylic acids is 1. The van der Waals surface area contributed by atoms with E-state index in [1.165, 1.54) is 6.07 Å². The van der Waals surface area contributed by atoms with Crippen molar-refractivity contribution < 1.29 is 14.6 Å². The van der Waals surface area contributed by atoms with E-state index >= 15 is 0 Å². The largest absolute Gasteiger partial charge is 0.478 e. The van der Waals surface area contributed by atoms with Crippen LogP contribution >= 0.6 is 11.6 Å². The Labute approximate surface area is 112 Å². The molecule has 0 aliphatic rings. The van der Waals surface area contributed by atoms with Crippen LogP contribution < -0.4 is 4.90 Å². The Morgan fingerprint density at radius 2 is 2.17 bits per heavy atom. The summed E-state index contributed by atoms with van der Waals surface area (Å²) in [4.78, 5) is 13.0. The fourth-order valence-electron chi connectivity index (χ4n) is 1.73. The Morgan fingerprint density at radius 3 is 2.61 bits per heavy atom. The first kappa shape index (κ1) is 14.8. The molecule has 0 unspecified atom stereocenters. The number of benzene rings is 1. The van der Waals surface area contributed by atoms with Crippen molar-refractivity contribution in [1.82, 2.24) is 0 Å². The molecule has 0 spiro atoms. The molecule has 0 saturated carbocycles. The van der Waals surface area contributed by atoms with Crippen molar-refractivity contribution in [2.45, 2.75) is 19.9 Å². The minimum atomic E-state index is -1.01. The number of halogens is 1. The van der Waals surface area contributed by atoms with Crippen LogP contribution in [-0.4, -0.2) is 37.4 Å². The summed E-state index contributed by atoms with van der Waals surface area (Å²) >= 11 is 5.97. The third kappa shape index (κ3) is 3.62. The van der Waals surface area contributed by atoms with Gasteiger partial charge in [0.1, 0.15) is 0 Å². The zero-order valence-corrected chi connectivity index (χ0v) is 11.6. The Hall–Kier alpha value is -1.26. The van der Waals surface area contributed by atoms with E-state index in [1.54, 1.807) is 19.2 Å². The number of nitrogens with zero attached hydrogens (tertiary/aromatic N) is 1. The first-order valence-electron chi connectivity index (χ1n) is 5.75. The summed E-state index contributed by atoms with van der Waals surface area (Å²) in [5, 5.41) is 9.18. The van der Waals surface area contributed by atoms with Crippen LogP contribution in [0.1, 0.15) is 24.2 Å². The normalized spacial score (nSPS) is 10.7. The lowest BCUT2D eigenvalue weighted by molar-refractivity contribution is 0.0697. The van der Waals surface area contributed by atoms with Crippen molar-refractivity contribution >= 4 is 23.3 Å². The number of ether oxygens (including phenoxy) is 1. The Morgan fingerprint density at radius 1 is 1.50 bits per heavy atom. The van der Waals surface area contributed by atoms with E-state index in [0.29, 0.717) is 6.61 Å². The molecule has 1 aromatic rings. The van der Waals surface area contributed by atoms with Crippen LogP contribution in [-0.2, 0) is 4.74 Å². The maximum absolute atomic E-state index is 10.9. The third-order valence-electron chi connectivity index (χ3n) is 2.67. The van der Waals surface area contributed by atoms with E-state index in [-0.39, 0.29) is 16.6 Å². The Bertz CT molecular complexity index is 421. The average molecular weight is 272 g/mol. The molecule has 4 nitrogen and oxygen atoms in total. The SMILES string of the molecule is COCCN(c1ccc(C(=O)O)c(Cl)c1)C(C)C. The maximum atomic E-state index is 10.9. The molecular formula is C13H18ClNO3. The quantitative estimate of drug-likeness (QED) is 0.864. The highest BCUT2D eigenvalue weighted by atomic mass is 35.5. The van der Waals surface area contributed by atoms with Gasteiger partial charge in [-0.1, -0.05) is 11.6 Å². The molecule has 0 saturated heterocycles. The van der Waals surface area contributed by atoms with E-state index in [0.717, 1.165) is 12.2 Å². The van der Waals surface area contributed by atoms with Crippen molar-refractivity contribution in [2.24, 2.45) is 0 Å². The van der Waals surface area contributed by atoms with Gasteiger partial charge in [0, 0.05) is 25.4 Å². The molecule has 0 atom stereocenters. The second-order valence-electron chi connectivity index (χ2n) is 4.25. The lowest BCUT2D eigenvalue weighted by Crippen LogP contribution is -2.33. The minimum Gasteiger partial charge on any atom is -0.478 e. The van der Waals surface area contributed by atoms with Crippen molar-refractivity contribution in [3.63, 3.8) is 0 Å². The predicted octanol–water partition coefficient (Wildman–Crippen LogP) is 2.90. The van der Waals surface area contributed by atoms with Gasteiger partial charge in [0.05, 0.1) is 17.2 Å². The van der Waals surface area contributed by atoms with Gasteiger partial charge in [0.15, 0.2) is 0 Å². The van der Waals surface area contributed by atoms with Gasteiger partial charge in [0.2, 0.25) is 0 Å². The fourth-order valence-corrected chi connectivity index (χ4v) is 1.99.